The molecule has 94 valence electrons. The number of hydrogen-bond acceptors (Lipinski definition) is 1. The standard InChI is InChI=1S/C11H10Cl4O2/c1-5(2-3-8(16)17)9-6(12)4-7(13)10(14)11(9)15/h4-5H,2-3H2,1H3,(H,16,17). The van der Waals surface area contributed by atoms with Crippen LogP contribution in [0.5, 0.6) is 0 Å². The van der Waals surface area contributed by atoms with Crippen molar-refractivity contribution in [3.63, 3.8) is 0 Å². The molecule has 1 aromatic carbocycles. The van der Waals surface area contributed by atoms with Crippen molar-refractivity contribution in [1.29, 1.82) is 0 Å². The first-order valence-corrected chi connectivity index (χ1v) is 6.40. The average Bonchev–Trinajstić information content (AvgIpc) is 2.23. The van der Waals surface area contributed by atoms with E-state index in [4.69, 9.17) is 51.5 Å². The third-order valence-corrected chi connectivity index (χ3v) is 4.02. The molecule has 0 aliphatic rings. The summed E-state index contributed by atoms with van der Waals surface area (Å²) in [7, 11) is 0. The van der Waals surface area contributed by atoms with Gasteiger partial charge >= 0.3 is 5.97 Å². The van der Waals surface area contributed by atoms with Gasteiger partial charge < -0.3 is 5.11 Å². The van der Waals surface area contributed by atoms with E-state index in [1.807, 2.05) is 6.92 Å². The molecule has 2 nitrogen and oxygen atoms in total. The predicted octanol–water partition coefficient (Wildman–Crippen LogP) is 5.27. The minimum atomic E-state index is -0.857. The molecule has 1 N–H and O–H groups in total. The highest BCUT2D eigenvalue weighted by atomic mass is 35.5. The van der Waals surface area contributed by atoms with Crippen molar-refractivity contribution in [2.75, 3.05) is 0 Å². The van der Waals surface area contributed by atoms with Crippen molar-refractivity contribution < 1.29 is 9.90 Å². The minimum absolute atomic E-state index is 0.0497. The molecule has 1 unspecified atom stereocenters. The van der Waals surface area contributed by atoms with Crippen LogP contribution in [0.25, 0.3) is 0 Å². The van der Waals surface area contributed by atoms with Gasteiger partial charge in [-0.1, -0.05) is 53.3 Å². The van der Waals surface area contributed by atoms with Crippen LogP contribution in [0.1, 0.15) is 31.2 Å². The number of carboxylic acids is 1. The van der Waals surface area contributed by atoms with Gasteiger partial charge in [0.25, 0.3) is 0 Å². The summed E-state index contributed by atoms with van der Waals surface area (Å²) in [6.45, 7) is 1.85. The SMILES string of the molecule is CC(CCC(=O)O)c1c(Cl)cc(Cl)c(Cl)c1Cl. The van der Waals surface area contributed by atoms with Gasteiger partial charge in [0, 0.05) is 11.4 Å². The molecule has 0 spiro atoms. The zero-order valence-corrected chi connectivity index (χ0v) is 12.0. The minimum Gasteiger partial charge on any atom is -0.481 e. The fourth-order valence-corrected chi connectivity index (χ4v) is 2.81. The molecule has 0 aliphatic carbocycles. The highest BCUT2D eigenvalue weighted by Gasteiger charge is 2.19. The molecule has 0 fully saturated rings. The summed E-state index contributed by atoms with van der Waals surface area (Å²) < 4.78 is 0. The Morgan fingerprint density at radius 1 is 1.24 bits per heavy atom. The molecule has 6 heteroatoms. The lowest BCUT2D eigenvalue weighted by atomic mass is 9.96. The van der Waals surface area contributed by atoms with Crippen molar-refractivity contribution in [3.05, 3.63) is 31.7 Å². The van der Waals surface area contributed by atoms with Gasteiger partial charge in [0.05, 0.1) is 15.1 Å². The normalized spacial score (nSPS) is 12.5. The van der Waals surface area contributed by atoms with Crippen LogP contribution in [0.2, 0.25) is 20.1 Å². The van der Waals surface area contributed by atoms with Crippen LogP contribution in [-0.2, 0) is 4.79 Å². The van der Waals surface area contributed by atoms with Gasteiger partial charge in [-0.15, -0.1) is 0 Å². The Morgan fingerprint density at radius 3 is 2.35 bits per heavy atom. The summed E-state index contributed by atoms with van der Waals surface area (Å²) in [6.07, 6.45) is 0.487. The lowest BCUT2D eigenvalue weighted by Crippen LogP contribution is -2.02. The predicted molar refractivity (Wildman–Crippen MR) is 71.8 cm³/mol. The Labute approximate surface area is 119 Å². The van der Waals surface area contributed by atoms with E-state index in [1.165, 1.54) is 6.07 Å². The molecule has 0 bridgehead atoms. The second-order valence-electron chi connectivity index (χ2n) is 3.72. The van der Waals surface area contributed by atoms with Crippen molar-refractivity contribution in [2.45, 2.75) is 25.7 Å². The Kier molecular flexibility index (Phi) is 5.39. The highest BCUT2D eigenvalue weighted by molar-refractivity contribution is 6.49. The van der Waals surface area contributed by atoms with E-state index in [0.717, 1.165) is 0 Å². The van der Waals surface area contributed by atoms with Gasteiger partial charge in [-0.05, 0) is 24.0 Å². The van der Waals surface area contributed by atoms with Crippen LogP contribution < -0.4 is 0 Å². The average molecular weight is 316 g/mol. The second-order valence-corrected chi connectivity index (χ2v) is 5.29. The van der Waals surface area contributed by atoms with Crippen LogP contribution in [0, 0.1) is 0 Å². The van der Waals surface area contributed by atoms with Crippen molar-refractivity contribution in [2.24, 2.45) is 0 Å². The summed E-state index contributed by atoms with van der Waals surface area (Å²) in [5.74, 6) is -0.954. The van der Waals surface area contributed by atoms with Crippen LogP contribution in [0.15, 0.2) is 6.07 Å². The van der Waals surface area contributed by atoms with E-state index in [2.05, 4.69) is 0 Å². The number of benzene rings is 1. The van der Waals surface area contributed by atoms with Crippen LogP contribution in [-0.4, -0.2) is 11.1 Å². The molecule has 0 saturated heterocycles. The maximum atomic E-state index is 10.5. The summed E-state index contributed by atoms with van der Waals surface area (Å²) in [5, 5.41) is 9.87. The van der Waals surface area contributed by atoms with E-state index >= 15 is 0 Å². The van der Waals surface area contributed by atoms with Gasteiger partial charge in [0.15, 0.2) is 0 Å². The molecule has 0 radical (unpaired) electrons. The van der Waals surface area contributed by atoms with Crippen LogP contribution in [0.3, 0.4) is 0 Å². The first-order valence-electron chi connectivity index (χ1n) is 4.89. The van der Waals surface area contributed by atoms with Crippen LogP contribution >= 0.6 is 46.4 Å². The first kappa shape index (κ1) is 14.9. The number of carboxylic acid groups (broad SMARTS) is 1. The van der Waals surface area contributed by atoms with Crippen LogP contribution in [0.4, 0.5) is 0 Å². The second kappa shape index (κ2) is 6.14. The Balaban J connectivity index is 3.05. The van der Waals surface area contributed by atoms with E-state index in [1.54, 1.807) is 0 Å². The third-order valence-electron chi connectivity index (χ3n) is 2.43. The lowest BCUT2D eigenvalue weighted by Gasteiger charge is -2.16. The van der Waals surface area contributed by atoms with Gasteiger partial charge in [-0.25, -0.2) is 0 Å². The van der Waals surface area contributed by atoms with Gasteiger partial charge in [0.2, 0.25) is 0 Å². The fourth-order valence-electron chi connectivity index (χ4n) is 1.52. The lowest BCUT2D eigenvalue weighted by molar-refractivity contribution is -0.137. The Hall–Kier alpha value is -0.150. The largest absolute Gasteiger partial charge is 0.481 e. The highest BCUT2D eigenvalue weighted by Crippen LogP contribution is 2.41. The van der Waals surface area contributed by atoms with Crippen molar-refractivity contribution in [1.82, 2.24) is 0 Å². The van der Waals surface area contributed by atoms with E-state index in [9.17, 15) is 4.79 Å². The summed E-state index contributed by atoms with van der Waals surface area (Å²) in [5.41, 5.74) is 0.643. The van der Waals surface area contributed by atoms with Gasteiger partial charge in [0.1, 0.15) is 0 Å². The Morgan fingerprint density at radius 2 is 1.82 bits per heavy atom. The molecule has 0 heterocycles. The molecule has 1 atom stereocenters. The van der Waals surface area contributed by atoms with Gasteiger partial charge in [-0.2, -0.15) is 0 Å². The quantitative estimate of drug-likeness (QED) is 0.607. The molecule has 1 aromatic rings. The van der Waals surface area contributed by atoms with Crippen molar-refractivity contribution >= 4 is 52.4 Å². The van der Waals surface area contributed by atoms with Gasteiger partial charge in [-0.3, -0.25) is 4.79 Å². The Bertz CT molecular complexity index is 446. The first-order chi connectivity index (χ1) is 7.84. The summed E-state index contributed by atoms with van der Waals surface area (Å²) >= 11 is 23.9. The fraction of sp³-hybridized carbons (Fsp3) is 0.364. The maximum Gasteiger partial charge on any atom is 0.303 e. The smallest absolute Gasteiger partial charge is 0.303 e. The molecule has 1 rings (SSSR count). The maximum absolute atomic E-state index is 10.5. The zero-order chi connectivity index (χ0) is 13.2. The van der Waals surface area contributed by atoms with E-state index in [0.29, 0.717) is 22.0 Å². The number of carbonyl (C=O) groups is 1. The molecule has 0 amide bonds. The van der Waals surface area contributed by atoms with E-state index in [-0.39, 0.29) is 22.4 Å². The number of rotatable bonds is 4. The molecule has 0 aromatic heterocycles. The number of hydrogen-bond donors (Lipinski definition) is 1. The molecule has 17 heavy (non-hydrogen) atoms. The number of aliphatic carboxylic acids is 1. The molecular weight excluding hydrogens is 306 g/mol. The molecule has 0 aliphatic heterocycles. The topological polar surface area (TPSA) is 37.3 Å². The summed E-state index contributed by atoms with van der Waals surface area (Å²) in [6, 6.07) is 1.52. The number of halogens is 4. The molecular formula is C11H10Cl4O2. The van der Waals surface area contributed by atoms with E-state index < -0.39 is 5.97 Å². The van der Waals surface area contributed by atoms with Crippen molar-refractivity contribution in [3.8, 4) is 0 Å². The molecule has 0 saturated carbocycles. The monoisotopic (exact) mass is 314 g/mol. The summed E-state index contributed by atoms with van der Waals surface area (Å²) in [4.78, 5) is 10.5. The zero-order valence-electron chi connectivity index (χ0n) is 8.94. The third kappa shape index (κ3) is 3.65.